The third kappa shape index (κ3) is 4.51. The summed E-state index contributed by atoms with van der Waals surface area (Å²) >= 11 is 0. The second kappa shape index (κ2) is 6.91. The fourth-order valence-electron chi connectivity index (χ4n) is 1.94. The van der Waals surface area contributed by atoms with Crippen LogP contribution in [0.4, 0.5) is 5.69 Å². The number of nitrogens with two attached hydrogens (primary N) is 1. The van der Waals surface area contributed by atoms with Gasteiger partial charge in [0.2, 0.25) is 10.0 Å². The summed E-state index contributed by atoms with van der Waals surface area (Å²) in [6, 6.07) is 7.41. The van der Waals surface area contributed by atoms with E-state index in [2.05, 4.69) is 0 Å². The highest BCUT2D eigenvalue weighted by molar-refractivity contribution is 7.92. The molecule has 108 valence electrons. The molecule has 2 N–H and O–H groups in total. The summed E-state index contributed by atoms with van der Waals surface area (Å²) in [6.45, 7) is 6.79. The van der Waals surface area contributed by atoms with Crippen molar-refractivity contribution in [3.8, 4) is 0 Å². The van der Waals surface area contributed by atoms with E-state index in [4.69, 9.17) is 5.73 Å². The van der Waals surface area contributed by atoms with Crippen molar-refractivity contribution in [1.82, 2.24) is 0 Å². The molecule has 4 nitrogen and oxygen atoms in total. The Labute approximate surface area is 116 Å². The zero-order valence-electron chi connectivity index (χ0n) is 12.0. The fraction of sp³-hybridized carbons (Fsp3) is 0.571. The SMILES string of the molecule is CCCN(c1ccc(CN)cc1)S(=O)(=O)CC(C)C. The van der Waals surface area contributed by atoms with Crippen molar-refractivity contribution in [2.75, 3.05) is 16.6 Å². The van der Waals surface area contributed by atoms with Crippen LogP contribution in [0.3, 0.4) is 0 Å². The summed E-state index contributed by atoms with van der Waals surface area (Å²) in [5.41, 5.74) is 7.28. The van der Waals surface area contributed by atoms with Crippen LogP contribution in [0.1, 0.15) is 32.8 Å². The predicted molar refractivity (Wildman–Crippen MR) is 80.6 cm³/mol. The molecule has 0 saturated carbocycles. The highest BCUT2D eigenvalue weighted by Gasteiger charge is 2.22. The van der Waals surface area contributed by atoms with E-state index in [1.165, 1.54) is 4.31 Å². The topological polar surface area (TPSA) is 63.4 Å². The number of sulfonamides is 1. The van der Waals surface area contributed by atoms with Crippen molar-refractivity contribution >= 4 is 15.7 Å². The van der Waals surface area contributed by atoms with Crippen LogP contribution in [0.15, 0.2) is 24.3 Å². The Hall–Kier alpha value is -1.07. The average Bonchev–Trinajstić information content (AvgIpc) is 2.34. The van der Waals surface area contributed by atoms with Gasteiger partial charge in [0.1, 0.15) is 0 Å². The zero-order chi connectivity index (χ0) is 14.5. The van der Waals surface area contributed by atoms with Gasteiger partial charge in [0.15, 0.2) is 0 Å². The molecule has 0 spiro atoms. The number of anilines is 1. The first-order valence-corrected chi connectivity index (χ1v) is 8.31. The van der Waals surface area contributed by atoms with Gasteiger partial charge in [0.05, 0.1) is 11.4 Å². The van der Waals surface area contributed by atoms with Crippen LogP contribution in [-0.2, 0) is 16.6 Å². The molecule has 0 radical (unpaired) electrons. The lowest BCUT2D eigenvalue weighted by atomic mass is 10.2. The molecule has 5 heteroatoms. The Morgan fingerprint density at radius 3 is 2.21 bits per heavy atom. The molecule has 0 aliphatic rings. The Morgan fingerprint density at radius 1 is 1.21 bits per heavy atom. The molecule has 0 bridgehead atoms. The Bertz CT molecular complexity index is 481. The number of benzene rings is 1. The van der Waals surface area contributed by atoms with E-state index in [1.807, 2.05) is 45.0 Å². The summed E-state index contributed by atoms with van der Waals surface area (Å²) in [5.74, 6) is 0.290. The number of rotatable bonds is 7. The smallest absolute Gasteiger partial charge is 0.235 e. The molecule has 0 atom stereocenters. The van der Waals surface area contributed by atoms with Crippen LogP contribution in [0.2, 0.25) is 0 Å². The average molecular weight is 284 g/mol. The van der Waals surface area contributed by atoms with Gasteiger partial charge < -0.3 is 5.73 Å². The van der Waals surface area contributed by atoms with Gasteiger partial charge in [0, 0.05) is 13.1 Å². The first kappa shape index (κ1) is 16.0. The Kier molecular flexibility index (Phi) is 5.82. The molecule has 0 heterocycles. The van der Waals surface area contributed by atoms with Gasteiger partial charge in [-0.05, 0) is 30.0 Å². The van der Waals surface area contributed by atoms with Crippen molar-refractivity contribution in [3.05, 3.63) is 29.8 Å². The lowest BCUT2D eigenvalue weighted by Gasteiger charge is -2.25. The molecule has 0 saturated heterocycles. The van der Waals surface area contributed by atoms with Gasteiger partial charge in [-0.15, -0.1) is 0 Å². The van der Waals surface area contributed by atoms with Gasteiger partial charge in [-0.25, -0.2) is 8.42 Å². The number of hydrogen-bond donors (Lipinski definition) is 1. The number of nitrogens with zero attached hydrogens (tertiary/aromatic N) is 1. The standard InChI is InChI=1S/C14H24N2O2S/c1-4-9-16(19(17,18)11-12(2)3)14-7-5-13(10-15)6-8-14/h5-8,12H,4,9-11,15H2,1-3H3. The van der Waals surface area contributed by atoms with E-state index >= 15 is 0 Å². The first-order chi connectivity index (χ1) is 8.90. The number of hydrogen-bond acceptors (Lipinski definition) is 3. The zero-order valence-corrected chi connectivity index (χ0v) is 12.8. The molecule has 0 aromatic heterocycles. The van der Waals surface area contributed by atoms with Crippen LogP contribution in [0.5, 0.6) is 0 Å². The van der Waals surface area contributed by atoms with Gasteiger partial charge in [0.25, 0.3) is 0 Å². The van der Waals surface area contributed by atoms with Crippen molar-refractivity contribution in [2.24, 2.45) is 11.7 Å². The van der Waals surface area contributed by atoms with E-state index in [0.29, 0.717) is 13.1 Å². The summed E-state index contributed by atoms with van der Waals surface area (Å²) in [5, 5.41) is 0. The van der Waals surface area contributed by atoms with Crippen LogP contribution in [0, 0.1) is 5.92 Å². The molecule has 19 heavy (non-hydrogen) atoms. The first-order valence-electron chi connectivity index (χ1n) is 6.70. The normalized spacial score (nSPS) is 11.8. The fourth-order valence-corrected chi connectivity index (χ4v) is 3.87. The molecule has 1 rings (SSSR count). The second-order valence-corrected chi connectivity index (χ2v) is 7.05. The van der Waals surface area contributed by atoms with E-state index in [-0.39, 0.29) is 11.7 Å². The van der Waals surface area contributed by atoms with E-state index < -0.39 is 10.0 Å². The van der Waals surface area contributed by atoms with Crippen LogP contribution in [-0.4, -0.2) is 20.7 Å². The monoisotopic (exact) mass is 284 g/mol. The van der Waals surface area contributed by atoms with Crippen LogP contribution in [0.25, 0.3) is 0 Å². The lowest BCUT2D eigenvalue weighted by Crippen LogP contribution is -2.35. The summed E-state index contributed by atoms with van der Waals surface area (Å²) in [6.07, 6.45) is 0.788. The van der Waals surface area contributed by atoms with E-state index in [0.717, 1.165) is 17.7 Å². The molecule has 1 aromatic carbocycles. The molecule has 0 fully saturated rings. The second-order valence-electron chi connectivity index (χ2n) is 5.12. The quantitative estimate of drug-likeness (QED) is 0.836. The molecule has 1 aromatic rings. The van der Waals surface area contributed by atoms with Crippen molar-refractivity contribution < 1.29 is 8.42 Å². The van der Waals surface area contributed by atoms with Gasteiger partial charge in [-0.2, -0.15) is 0 Å². The predicted octanol–water partition coefficient (Wildman–Crippen LogP) is 2.35. The largest absolute Gasteiger partial charge is 0.326 e. The molecule has 0 aliphatic heterocycles. The summed E-state index contributed by atoms with van der Waals surface area (Å²) < 4.78 is 26.3. The minimum atomic E-state index is -3.25. The third-order valence-corrected chi connectivity index (χ3v) is 4.92. The lowest BCUT2D eigenvalue weighted by molar-refractivity contribution is 0.576. The minimum Gasteiger partial charge on any atom is -0.326 e. The Balaban J connectivity index is 3.05. The molecular weight excluding hydrogens is 260 g/mol. The van der Waals surface area contributed by atoms with Crippen molar-refractivity contribution in [2.45, 2.75) is 33.7 Å². The highest BCUT2D eigenvalue weighted by atomic mass is 32.2. The maximum Gasteiger partial charge on any atom is 0.235 e. The maximum absolute atomic E-state index is 12.4. The van der Waals surface area contributed by atoms with Gasteiger partial charge in [-0.1, -0.05) is 32.9 Å². The molecule has 0 aliphatic carbocycles. The van der Waals surface area contributed by atoms with Crippen molar-refractivity contribution in [1.29, 1.82) is 0 Å². The molecular formula is C14H24N2O2S. The van der Waals surface area contributed by atoms with Crippen LogP contribution >= 0.6 is 0 Å². The maximum atomic E-state index is 12.4. The molecule has 0 amide bonds. The minimum absolute atomic E-state index is 0.118. The highest BCUT2D eigenvalue weighted by Crippen LogP contribution is 2.20. The van der Waals surface area contributed by atoms with E-state index in [1.54, 1.807) is 0 Å². The van der Waals surface area contributed by atoms with E-state index in [9.17, 15) is 8.42 Å². The Morgan fingerprint density at radius 2 is 1.79 bits per heavy atom. The third-order valence-electron chi connectivity index (χ3n) is 2.77. The van der Waals surface area contributed by atoms with Gasteiger partial charge in [-0.3, -0.25) is 4.31 Å². The van der Waals surface area contributed by atoms with Crippen molar-refractivity contribution in [3.63, 3.8) is 0 Å². The van der Waals surface area contributed by atoms with Gasteiger partial charge >= 0.3 is 0 Å². The molecule has 0 unspecified atom stereocenters. The summed E-state index contributed by atoms with van der Waals surface area (Å²) in [4.78, 5) is 0. The summed E-state index contributed by atoms with van der Waals surface area (Å²) in [7, 11) is -3.25. The van der Waals surface area contributed by atoms with Crippen LogP contribution < -0.4 is 10.0 Å².